The molecule has 2 heterocycles. The van der Waals surface area contributed by atoms with Crippen LogP contribution in [0.4, 0.5) is 0 Å². The van der Waals surface area contributed by atoms with Gasteiger partial charge in [-0.25, -0.2) is 0 Å². The van der Waals surface area contributed by atoms with E-state index in [4.69, 9.17) is 10.5 Å². The quantitative estimate of drug-likeness (QED) is 0.914. The molecule has 0 amide bonds. The van der Waals surface area contributed by atoms with Crippen LogP contribution in [-0.4, -0.2) is 28.5 Å². The van der Waals surface area contributed by atoms with E-state index < -0.39 is 0 Å². The van der Waals surface area contributed by atoms with Gasteiger partial charge in [0.15, 0.2) is 0 Å². The second-order valence-corrected chi connectivity index (χ2v) is 5.18. The molecule has 2 N–H and O–H groups in total. The third-order valence-electron chi connectivity index (χ3n) is 2.89. The highest BCUT2D eigenvalue weighted by Gasteiger charge is 2.19. The highest BCUT2D eigenvalue weighted by atomic mass is 79.9. The zero-order valence-corrected chi connectivity index (χ0v) is 12.6. The first-order valence-electron chi connectivity index (χ1n) is 6.01. The minimum Gasteiger partial charge on any atom is -0.383 e. The third kappa shape index (κ3) is 3.20. The number of hydrogen-bond donors (Lipinski definition) is 1. The highest BCUT2D eigenvalue weighted by Crippen LogP contribution is 2.26. The lowest BCUT2D eigenvalue weighted by Gasteiger charge is -2.15. The zero-order valence-electron chi connectivity index (χ0n) is 11.0. The summed E-state index contributed by atoms with van der Waals surface area (Å²) in [5.74, 6) is 0. The number of aromatic nitrogens is 3. The summed E-state index contributed by atoms with van der Waals surface area (Å²) in [5, 5.41) is 4.30. The van der Waals surface area contributed by atoms with E-state index in [0.717, 1.165) is 21.4 Å². The summed E-state index contributed by atoms with van der Waals surface area (Å²) in [6, 6.07) is 3.63. The minimum absolute atomic E-state index is 0.311. The Morgan fingerprint density at radius 2 is 2.32 bits per heavy atom. The van der Waals surface area contributed by atoms with Gasteiger partial charge in [-0.2, -0.15) is 5.10 Å². The van der Waals surface area contributed by atoms with Gasteiger partial charge in [0.2, 0.25) is 0 Å². The number of halogens is 1. The monoisotopic (exact) mass is 324 g/mol. The van der Waals surface area contributed by atoms with Crippen LogP contribution < -0.4 is 5.73 Å². The number of ether oxygens (including phenoxy) is 1. The van der Waals surface area contributed by atoms with E-state index in [1.165, 1.54) is 0 Å². The highest BCUT2D eigenvalue weighted by molar-refractivity contribution is 9.10. The van der Waals surface area contributed by atoms with Crippen molar-refractivity contribution in [2.75, 3.05) is 13.7 Å². The second-order valence-electron chi connectivity index (χ2n) is 4.33. The van der Waals surface area contributed by atoms with Gasteiger partial charge in [-0.3, -0.25) is 9.67 Å². The van der Waals surface area contributed by atoms with E-state index >= 15 is 0 Å². The first-order chi connectivity index (χ1) is 9.13. The lowest BCUT2D eigenvalue weighted by atomic mass is 10.1. The van der Waals surface area contributed by atoms with Crippen LogP contribution in [0.25, 0.3) is 0 Å². The number of pyridine rings is 1. The van der Waals surface area contributed by atoms with E-state index in [0.29, 0.717) is 13.2 Å². The predicted octanol–water partition coefficient (Wildman–Crippen LogP) is 2.04. The maximum Gasteiger partial charge on any atom is 0.0908 e. The van der Waals surface area contributed by atoms with Crippen molar-refractivity contribution in [3.8, 4) is 0 Å². The van der Waals surface area contributed by atoms with Crippen molar-refractivity contribution in [3.05, 3.63) is 46.0 Å². The standard InChI is InChI=1S/C13H17BrN4O/c1-9-3-4-16-11(7-9)12(15)13-10(14)8-17-18(13)5-6-19-2/h3-4,7-8,12H,5-6,15H2,1-2H3. The summed E-state index contributed by atoms with van der Waals surface area (Å²) in [6.45, 7) is 3.28. The van der Waals surface area contributed by atoms with Crippen LogP contribution in [0.2, 0.25) is 0 Å². The molecule has 0 radical (unpaired) electrons. The maximum atomic E-state index is 6.31. The molecule has 0 aliphatic rings. The Morgan fingerprint density at radius 3 is 3.00 bits per heavy atom. The topological polar surface area (TPSA) is 66.0 Å². The Labute approximate surface area is 120 Å². The van der Waals surface area contributed by atoms with Crippen LogP contribution in [0.1, 0.15) is 23.0 Å². The largest absolute Gasteiger partial charge is 0.383 e. The average molecular weight is 325 g/mol. The smallest absolute Gasteiger partial charge is 0.0908 e. The fraction of sp³-hybridized carbons (Fsp3) is 0.385. The molecule has 0 fully saturated rings. The molecule has 0 bridgehead atoms. The van der Waals surface area contributed by atoms with E-state index in [2.05, 4.69) is 26.0 Å². The molecule has 0 aliphatic heterocycles. The Morgan fingerprint density at radius 1 is 1.53 bits per heavy atom. The zero-order chi connectivity index (χ0) is 13.8. The molecule has 0 spiro atoms. The van der Waals surface area contributed by atoms with Crippen LogP contribution >= 0.6 is 15.9 Å². The molecule has 0 aliphatic carbocycles. The summed E-state index contributed by atoms with van der Waals surface area (Å²) in [4.78, 5) is 4.34. The molecule has 19 heavy (non-hydrogen) atoms. The summed E-state index contributed by atoms with van der Waals surface area (Å²) in [7, 11) is 1.67. The molecule has 0 aromatic carbocycles. The molecule has 102 valence electrons. The van der Waals surface area contributed by atoms with Crippen molar-refractivity contribution >= 4 is 15.9 Å². The van der Waals surface area contributed by atoms with Crippen molar-refractivity contribution in [2.24, 2.45) is 5.73 Å². The van der Waals surface area contributed by atoms with Crippen LogP contribution in [0.3, 0.4) is 0 Å². The Kier molecular flexibility index (Phi) is 4.68. The van der Waals surface area contributed by atoms with Crippen molar-refractivity contribution in [2.45, 2.75) is 19.5 Å². The molecular formula is C13H17BrN4O. The molecule has 1 unspecified atom stereocenters. The SMILES string of the molecule is COCCn1ncc(Br)c1C(N)c1cc(C)ccn1. The van der Waals surface area contributed by atoms with Gasteiger partial charge < -0.3 is 10.5 Å². The number of hydrogen-bond acceptors (Lipinski definition) is 4. The van der Waals surface area contributed by atoms with E-state index in [9.17, 15) is 0 Å². The second kappa shape index (κ2) is 6.27. The van der Waals surface area contributed by atoms with Crippen LogP contribution in [0.5, 0.6) is 0 Å². The number of nitrogens with zero attached hydrogens (tertiary/aromatic N) is 3. The molecule has 2 aromatic heterocycles. The van der Waals surface area contributed by atoms with Gasteiger partial charge in [0.05, 0.1) is 41.3 Å². The predicted molar refractivity (Wildman–Crippen MR) is 76.8 cm³/mol. The van der Waals surface area contributed by atoms with Gasteiger partial charge in [-0.15, -0.1) is 0 Å². The maximum absolute atomic E-state index is 6.31. The Bertz CT molecular complexity index is 555. The molecule has 1 atom stereocenters. The molecule has 0 saturated carbocycles. The Hall–Kier alpha value is -1.24. The van der Waals surface area contributed by atoms with E-state index in [1.807, 2.05) is 23.7 Å². The van der Waals surface area contributed by atoms with Gasteiger partial charge in [-0.05, 0) is 40.5 Å². The summed E-state index contributed by atoms with van der Waals surface area (Å²) < 4.78 is 7.82. The number of methoxy groups -OCH3 is 1. The van der Waals surface area contributed by atoms with Crippen molar-refractivity contribution in [1.82, 2.24) is 14.8 Å². The average Bonchev–Trinajstić information content (AvgIpc) is 2.76. The molecule has 0 saturated heterocycles. The molecule has 5 nitrogen and oxygen atoms in total. The lowest BCUT2D eigenvalue weighted by Crippen LogP contribution is -2.20. The number of aryl methyl sites for hydroxylation is 1. The van der Waals surface area contributed by atoms with Crippen LogP contribution in [0.15, 0.2) is 29.0 Å². The molecule has 2 aromatic rings. The van der Waals surface area contributed by atoms with Gasteiger partial charge in [0, 0.05) is 13.3 Å². The fourth-order valence-corrected chi connectivity index (χ4v) is 2.45. The minimum atomic E-state index is -0.311. The number of rotatable bonds is 5. The van der Waals surface area contributed by atoms with E-state index in [1.54, 1.807) is 19.5 Å². The van der Waals surface area contributed by atoms with Gasteiger partial charge in [-0.1, -0.05) is 0 Å². The lowest BCUT2D eigenvalue weighted by molar-refractivity contribution is 0.182. The first-order valence-corrected chi connectivity index (χ1v) is 6.81. The normalized spacial score (nSPS) is 12.6. The van der Waals surface area contributed by atoms with Gasteiger partial charge in [0.1, 0.15) is 0 Å². The summed E-state index contributed by atoms with van der Waals surface area (Å²) >= 11 is 3.49. The van der Waals surface area contributed by atoms with Crippen molar-refractivity contribution in [1.29, 1.82) is 0 Å². The third-order valence-corrected chi connectivity index (χ3v) is 3.50. The van der Waals surface area contributed by atoms with Crippen molar-refractivity contribution in [3.63, 3.8) is 0 Å². The van der Waals surface area contributed by atoms with E-state index in [-0.39, 0.29) is 6.04 Å². The summed E-state index contributed by atoms with van der Waals surface area (Å²) in [6.07, 6.45) is 3.52. The summed E-state index contributed by atoms with van der Waals surface area (Å²) in [5.41, 5.74) is 9.19. The molecular weight excluding hydrogens is 308 g/mol. The fourth-order valence-electron chi connectivity index (χ4n) is 1.91. The van der Waals surface area contributed by atoms with Crippen LogP contribution in [0, 0.1) is 6.92 Å². The molecule has 6 heteroatoms. The van der Waals surface area contributed by atoms with Crippen molar-refractivity contribution < 1.29 is 4.74 Å². The first kappa shape index (κ1) is 14.2. The molecule has 2 rings (SSSR count). The van der Waals surface area contributed by atoms with Crippen LogP contribution in [-0.2, 0) is 11.3 Å². The van der Waals surface area contributed by atoms with Gasteiger partial charge >= 0.3 is 0 Å². The Balaban J connectivity index is 2.32. The van der Waals surface area contributed by atoms with Gasteiger partial charge in [0.25, 0.3) is 0 Å². The number of nitrogens with two attached hydrogens (primary N) is 1.